The standard InChI is InChI=1S/C15H16N4O4/c1-9(16-14(20)7-11-10(2)17-23-18-11)8-19-12-5-3-4-6-13(12)22-15(19)21/h3-6,9H,7-8H2,1-2H3,(H,16,20)/t9-/m0/s1. The highest BCUT2D eigenvalue weighted by molar-refractivity contribution is 5.78. The fraction of sp³-hybridized carbons (Fsp3) is 0.333. The van der Waals surface area contributed by atoms with Gasteiger partial charge in [0.25, 0.3) is 0 Å². The van der Waals surface area contributed by atoms with Gasteiger partial charge >= 0.3 is 5.76 Å². The summed E-state index contributed by atoms with van der Waals surface area (Å²) >= 11 is 0. The number of nitrogens with zero attached hydrogens (tertiary/aromatic N) is 3. The lowest BCUT2D eigenvalue weighted by Gasteiger charge is -2.13. The number of oxazole rings is 1. The molecular formula is C15H16N4O4. The predicted molar refractivity (Wildman–Crippen MR) is 80.8 cm³/mol. The Balaban J connectivity index is 1.68. The van der Waals surface area contributed by atoms with E-state index in [1.54, 1.807) is 25.1 Å². The Kier molecular flexibility index (Phi) is 3.96. The van der Waals surface area contributed by atoms with E-state index in [0.29, 0.717) is 29.0 Å². The van der Waals surface area contributed by atoms with Gasteiger partial charge in [-0.1, -0.05) is 22.4 Å². The fourth-order valence-corrected chi connectivity index (χ4v) is 2.39. The summed E-state index contributed by atoms with van der Waals surface area (Å²) < 4.78 is 11.2. The Morgan fingerprint density at radius 2 is 2.13 bits per heavy atom. The van der Waals surface area contributed by atoms with Crippen molar-refractivity contribution in [3.8, 4) is 0 Å². The maximum absolute atomic E-state index is 12.0. The van der Waals surface area contributed by atoms with E-state index in [4.69, 9.17) is 4.42 Å². The number of hydrogen-bond acceptors (Lipinski definition) is 6. The van der Waals surface area contributed by atoms with Gasteiger partial charge in [-0.15, -0.1) is 0 Å². The number of benzene rings is 1. The predicted octanol–water partition coefficient (Wildman–Crippen LogP) is 1.03. The summed E-state index contributed by atoms with van der Waals surface area (Å²) in [6.45, 7) is 3.86. The van der Waals surface area contributed by atoms with Crippen LogP contribution in [0.25, 0.3) is 11.1 Å². The molecule has 0 aliphatic carbocycles. The molecule has 0 unspecified atom stereocenters. The number of para-hydroxylation sites is 2. The second kappa shape index (κ2) is 6.07. The highest BCUT2D eigenvalue weighted by atomic mass is 16.6. The van der Waals surface area contributed by atoms with Crippen LogP contribution in [0.5, 0.6) is 0 Å². The normalized spacial score (nSPS) is 12.4. The van der Waals surface area contributed by atoms with E-state index in [0.717, 1.165) is 0 Å². The average molecular weight is 316 g/mol. The molecule has 0 fully saturated rings. The molecular weight excluding hydrogens is 300 g/mol. The summed E-state index contributed by atoms with van der Waals surface area (Å²) in [7, 11) is 0. The van der Waals surface area contributed by atoms with Gasteiger partial charge in [-0.25, -0.2) is 9.42 Å². The number of aryl methyl sites for hydroxylation is 1. The van der Waals surface area contributed by atoms with Crippen molar-refractivity contribution in [1.29, 1.82) is 0 Å². The monoisotopic (exact) mass is 316 g/mol. The maximum Gasteiger partial charge on any atom is 0.420 e. The zero-order valence-electron chi connectivity index (χ0n) is 12.8. The lowest BCUT2D eigenvalue weighted by Crippen LogP contribution is -2.38. The zero-order valence-corrected chi connectivity index (χ0v) is 12.8. The topological polar surface area (TPSA) is 103 Å². The first-order valence-corrected chi connectivity index (χ1v) is 7.20. The lowest BCUT2D eigenvalue weighted by atomic mass is 10.2. The van der Waals surface area contributed by atoms with Crippen molar-refractivity contribution in [3.63, 3.8) is 0 Å². The van der Waals surface area contributed by atoms with Crippen LogP contribution in [0.15, 0.2) is 38.1 Å². The molecule has 2 aromatic heterocycles. The van der Waals surface area contributed by atoms with Crippen LogP contribution in [-0.2, 0) is 17.8 Å². The molecule has 1 atom stereocenters. The first-order valence-electron chi connectivity index (χ1n) is 7.20. The van der Waals surface area contributed by atoms with Gasteiger partial charge in [0.1, 0.15) is 11.4 Å². The van der Waals surface area contributed by atoms with Crippen LogP contribution in [0.2, 0.25) is 0 Å². The molecule has 0 saturated heterocycles. The first-order chi connectivity index (χ1) is 11.0. The summed E-state index contributed by atoms with van der Waals surface area (Å²) in [5.41, 5.74) is 2.32. The third kappa shape index (κ3) is 3.15. The average Bonchev–Trinajstić information content (AvgIpc) is 3.03. The molecule has 0 spiro atoms. The first kappa shape index (κ1) is 15.0. The molecule has 1 aromatic carbocycles. The molecule has 0 aliphatic rings. The van der Waals surface area contributed by atoms with Gasteiger partial charge in [0, 0.05) is 12.6 Å². The van der Waals surface area contributed by atoms with E-state index in [-0.39, 0.29) is 18.4 Å². The second-order valence-electron chi connectivity index (χ2n) is 5.39. The molecule has 8 nitrogen and oxygen atoms in total. The molecule has 0 radical (unpaired) electrons. The van der Waals surface area contributed by atoms with Crippen molar-refractivity contribution in [2.45, 2.75) is 32.9 Å². The molecule has 1 N–H and O–H groups in total. The summed E-state index contributed by atoms with van der Waals surface area (Å²) in [6.07, 6.45) is 0.0840. The van der Waals surface area contributed by atoms with Gasteiger partial charge in [-0.3, -0.25) is 9.36 Å². The van der Waals surface area contributed by atoms with Crippen molar-refractivity contribution in [3.05, 3.63) is 46.2 Å². The summed E-state index contributed by atoms with van der Waals surface area (Å²) in [4.78, 5) is 23.9. The largest absolute Gasteiger partial charge is 0.420 e. The summed E-state index contributed by atoms with van der Waals surface area (Å²) in [5.74, 6) is -0.652. The van der Waals surface area contributed by atoms with Crippen LogP contribution in [0, 0.1) is 6.92 Å². The highest BCUT2D eigenvalue weighted by Gasteiger charge is 2.16. The van der Waals surface area contributed by atoms with E-state index in [9.17, 15) is 9.59 Å². The summed E-state index contributed by atoms with van der Waals surface area (Å²) in [6, 6.07) is 6.92. The molecule has 0 saturated carbocycles. The molecule has 1 amide bonds. The third-order valence-electron chi connectivity index (χ3n) is 3.51. The smallest absolute Gasteiger partial charge is 0.408 e. The molecule has 3 aromatic rings. The van der Waals surface area contributed by atoms with Gasteiger partial charge in [-0.05, 0) is 26.0 Å². The quantitative estimate of drug-likeness (QED) is 0.754. The Hall–Kier alpha value is -2.90. The highest BCUT2D eigenvalue weighted by Crippen LogP contribution is 2.12. The SMILES string of the molecule is Cc1nonc1CC(=O)N[C@@H](C)Cn1c(=O)oc2ccccc21. The van der Waals surface area contributed by atoms with E-state index >= 15 is 0 Å². The van der Waals surface area contributed by atoms with Crippen LogP contribution in [-0.4, -0.2) is 26.8 Å². The van der Waals surface area contributed by atoms with Gasteiger partial charge in [-0.2, -0.15) is 0 Å². The van der Waals surface area contributed by atoms with Crippen LogP contribution in [0.3, 0.4) is 0 Å². The minimum absolute atomic E-state index is 0.0840. The molecule has 0 bridgehead atoms. The van der Waals surface area contributed by atoms with Gasteiger partial charge < -0.3 is 9.73 Å². The van der Waals surface area contributed by atoms with Gasteiger partial charge in [0.15, 0.2) is 5.58 Å². The second-order valence-corrected chi connectivity index (χ2v) is 5.39. The number of rotatable bonds is 5. The minimum atomic E-state index is -0.441. The number of aromatic nitrogens is 3. The Bertz CT molecular complexity index is 892. The Morgan fingerprint density at radius 1 is 1.35 bits per heavy atom. The molecule has 0 aliphatic heterocycles. The summed E-state index contributed by atoms with van der Waals surface area (Å²) in [5, 5.41) is 10.1. The van der Waals surface area contributed by atoms with E-state index < -0.39 is 5.76 Å². The van der Waals surface area contributed by atoms with Crippen LogP contribution in [0.1, 0.15) is 18.3 Å². The number of carbonyl (C=O) groups is 1. The molecule has 3 rings (SSSR count). The Labute approximate surface area is 131 Å². The van der Waals surface area contributed by atoms with E-state index in [1.165, 1.54) is 4.57 Å². The fourth-order valence-electron chi connectivity index (χ4n) is 2.39. The zero-order chi connectivity index (χ0) is 16.4. The van der Waals surface area contributed by atoms with Crippen LogP contribution >= 0.6 is 0 Å². The lowest BCUT2D eigenvalue weighted by molar-refractivity contribution is -0.121. The van der Waals surface area contributed by atoms with Crippen molar-refractivity contribution in [2.24, 2.45) is 0 Å². The van der Waals surface area contributed by atoms with Crippen molar-refractivity contribution in [1.82, 2.24) is 20.2 Å². The third-order valence-corrected chi connectivity index (χ3v) is 3.51. The minimum Gasteiger partial charge on any atom is -0.408 e. The van der Waals surface area contributed by atoms with E-state index in [1.807, 2.05) is 13.0 Å². The van der Waals surface area contributed by atoms with E-state index in [2.05, 4.69) is 20.3 Å². The Morgan fingerprint density at radius 3 is 2.87 bits per heavy atom. The molecule has 2 heterocycles. The molecule has 23 heavy (non-hydrogen) atoms. The number of hydrogen-bond donors (Lipinski definition) is 1. The van der Waals surface area contributed by atoms with Crippen molar-refractivity contribution < 1.29 is 13.8 Å². The van der Waals surface area contributed by atoms with Crippen LogP contribution < -0.4 is 11.1 Å². The number of amides is 1. The maximum atomic E-state index is 12.0. The number of nitrogens with one attached hydrogen (secondary N) is 1. The molecule has 120 valence electrons. The van der Waals surface area contributed by atoms with Gasteiger partial charge in [0.2, 0.25) is 5.91 Å². The van der Waals surface area contributed by atoms with Crippen LogP contribution in [0.4, 0.5) is 0 Å². The van der Waals surface area contributed by atoms with Gasteiger partial charge in [0.05, 0.1) is 11.9 Å². The van der Waals surface area contributed by atoms with Crippen molar-refractivity contribution >= 4 is 17.0 Å². The number of carbonyl (C=O) groups excluding carboxylic acids is 1. The number of fused-ring (bicyclic) bond motifs is 1. The molecule has 8 heteroatoms. The van der Waals surface area contributed by atoms with Crippen molar-refractivity contribution in [2.75, 3.05) is 0 Å².